The third-order valence-electron chi connectivity index (χ3n) is 13.7. The molecule has 0 fully saturated rings. The molecule has 0 saturated heterocycles. The monoisotopic (exact) mass is 856 g/mol. The van der Waals surface area contributed by atoms with E-state index in [1.807, 2.05) is 24.4 Å². The Hall–Kier alpha value is -9.18. The summed E-state index contributed by atoms with van der Waals surface area (Å²) >= 11 is 0. The van der Waals surface area contributed by atoms with Crippen molar-refractivity contribution in [2.75, 3.05) is 0 Å². The second-order valence-electron chi connectivity index (χ2n) is 17.1. The summed E-state index contributed by atoms with van der Waals surface area (Å²) in [6, 6.07) is 75.5. The van der Waals surface area contributed by atoms with E-state index in [1.54, 1.807) is 0 Å². The fraction of sp³-hybridized carbons (Fsp3) is 0.0164. The molecule has 6 heteroatoms. The highest BCUT2D eigenvalue weighted by Crippen LogP contribution is 2.47. The van der Waals surface area contributed by atoms with Crippen LogP contribution in [-0.2, 0) is 0 Å². The van der Waals surface area contributed by atoms with E-state index in [4.69, 9.17) is 0 Å². The third kappa shape index (κ3) is 5.52. The lowest BCUT2D eigenvalue weighted by atomic mass is 9.98. The SMILES string of the molecule is C=N/C=C(\C(=C(/C)n1c2ccccc2c2ccc3c(c4ccccc4n3-c3ccccc3)c21)c1cccc(C#N)c1)n1c2ccccc2c2ccc3c(c4ccccc4n3-c3ccccc3)c21. The van der Waals surface area contributed by atoms with E-state index in [9.17, 15) is 5.26 Å². The molecule has 0 saturated carbocycles. The highest BCUT2D eigenvalue weighted by molar-refractivity contribution is 6.30. The number of benzene rings is 9. The van der Waals surface area contributed by atoms with Crippen LogP contribution < -0.4 is 0 Å². The van der Waals surface area contributed by atoms with E-state index in [1.165, 1.54) is 5.39 Å². The van der Waals surface area contributed by atoms with E-state index in [2.05, 4.69) is 231 Å². The number of nitrogens with zero attached hydrogens (tertiary/aromatic N) is 6. The van der Waals surface area contributed by atoms with Crippen molar-refractivity contribution in [2.45, 2.75) is 6.92 Å². The minimum absolute atomic E-state index is 0.569. The van der Waals surface area contributed by atoms with Crippen molar-refractivity contribution in [1.82, 2.24) is 18.3 Å². The summed E-state index contributed by atoms with van der Waals surface area (Å²) in [7, 11) is 0. The molecular formula is C61H40N6. The molecule has 314 valence electrons. The first-order valence-corrected chi connectivity index (χ1v) is 22.5. The number of aromatic nitrogens is 4. The number of hydrogen-bond acceptors (Lipinski definition) is 2. The Bertz CT molecular complexity index is 4300. The van der Waals surface area contributed by atoms with Crippen molar-refractivity contribution in [2.24, 2.45) is 4.99 Å². The molecule has 9 aromatic carbocycles. The first kappa shape index (κ1) is 38.3. The van der Waals surface area contributed by atoms with Gasteiger partial charge in [0.25, 0.3) is 0 Å². The van der Waals surface area contributed by atoms with Crippen LogP contribution in [-0.4, -0.2) is 25.0 Å². The van der Waals surface area contributed by atoms with Crippen molar-refractivity contribution in [3.8, 4) is 17.4 Å². The van der Waals surface area contributed by atoms with Gasteiger partial charge in [-0.2, -0.15) is 5.26 Å². The third-order valence-corrected chi connectivity index (χ3v) is 13.7. The Labute approximate surface area is 385 Å². The van der Waals surface area contributed by atoms with Gasteiger partial charge in [0.15, 0.2) is 0 Å². The molecule has 6 nitrogen and oxygen atoms in total. The highest BCUT2D eigenvalue weighted by atomic mass is 15.1. The Morgan fingerprint density at radius 3 is 1.45 bits per heavy atom. The van der Waals surface area contributed by atoms with Gasteiger partial charge in [-0.15, -0.1) is 0 Å². The van der Waals surface area contributed by atoms with Crippen molar-refractivity contribution >= 4 is 111 Å². The van der Waals surface area contributed by atoms with Crippen LogP contribution >= 0.6 is 0 Å². The van der Waals surface area contributed by atoms with Gasteiger partial charge in [0.2, 0.25) is 0 Å². The molecule has 4 heterocycles. The average Bonchev–Trinajstić information content (AvgIpc) is 4.11. The molecule has 0 aliphatic carbocycles. The summed E-state index contributed by atoms with van der Waals surface area (Å²) in [5.41, 5.74) is 15.2. The van der Waals surface area contributed by atoms with Crippen molar-refractivity contribution in [3.05, 3.63) is 224 Å². The van der Waals surface area contributed by atoms with Gasteiger partial charge in [0, 0.05) is 65.7 Å². The second-order valence-corrected chi connectivity index (χ2v) is 17.1. The molecule has 0 aliphatic rings. The summed E-state index contributed by atoms with van der Waals surface area (Å²) in [5, 5.41) is 19.6. The summed E-state index contributed by atoms with van der Waals surface area (Å²) in [5.74, 6) is 0. The topological polar surface area (TPSA) is 55.9 Å². The van der Waals surface area contributed by atoms with Crippen LogP contribution in [0.2, 0.25) is 0 Å². The van der Waals surface area contributed by atoms with Gasteiger partial charge in [0.1, 0.15) is 0 Å². The van der Waals surface area contributed by atoms with Crippen molar-refractivity contribution < 1.29 is 0 Å². The molecule has 0 amide bonds. The van der Waals surface area contributed by atoms with Crippen LogP contribution in [0.5, 0.6) is 0 Å². The first-order valence-electron chi connectivity index (χ1n) is 22.5. The summed E-state index contributed by atoms with van der Waals surface area (Å²) in [6.07, 6.45) is 1.91. The highest BCUT2D eigenvalue weighted by Gasteiger charge is 2.27. The molecule has 67 heavy (non-hydrogen) atoms. The van der Waals surface area contributed by atoms with Crippen LogP contribution in [0.1, 0.15) is 18.1 Å². The largest absolute Gasteiger partial charge is 0.312 e. The lowest BCUT2D eigenvalue weighted by Gasteiger charge is -2.22. The Balaban J connectivity index is 1.22. The Morgan fingerprint density at radius 2 is 0.925 bits per heavy atom. The van der Waals surface area contributed by atoms with Crippen molar-refractivity contribution in [3.63, 3.8) is 0 Å². The maximum atomic E-state index is 10.5. The van der Waals surface area contributed by atoms with E-state index >= 15 is 0 Å². The number of aliphatic imine (C=N–C) groups is 1. The smallest absolute Gasteiger partial charge is 0.0991 e. The molecular weight excluding hydrogens is 817 g/mol. The van der Waals surface area contributed by atoms with Gasteiger partial charge in [0.05, 0.1) is 67.7 Å². The number of allylic oxidation sites excluding steroid dienone is 3. The predicted molar refractivity (Wildman–Crippen MR) is 281 cm³/mol. The summed E-state index contributed by atoms with van der Waals surface area (Å²) in [4.78, 5) is 4.66. The molecule has 13 rings (SSSR count). The maximum Gasteiger partial charge on any atom is 0.0991 e. The van der Waals surface area contributed by atoms with Gasteiger partial charge in [-0.1, -0.05) is 133 Å². The maximum absolute atomic E-state index is 10.5. The van der Waals surface area contributed by atoms with Crippen LogP contribution in [0.25, 0.3) is 116 Å². The fourth-order valence-corrected chi connectivity index (χ4v) is 11.0. The van der Waals surface area contributed by atoms with E-state index < -0.39 is 0 Å². The number of para-hydroxylation sites is 6. The Kier molecular flexibility index (Phi) is 8.54. The van der Waals surface area contributed by atoms with Gasteiger partial charge in [-0.05, 0) is 92.0 Å². The van der Waals surface area contributed by atoms with Crippen LogP contribution in [0, 0.1) is 11.3 Å². The van der Waals surface area contributed by atoms with Crippen LogP contribution in [0.4, 0.5) is 0 Å². The number of fused-ring (bicyclic) bond motifs is 14. The molecule has 0 atom stereocenters. The zero-order valence-electron chi connectivity index (χ0n) is 36.6. The second kappa shape index (κ2) is 15.0. The number of nitriles is 1. The average molecular weight is 857 g/mol. The quantitative estimate of drug-likeness (QED) is 0.116. The standard InChI is InChI=1S/C61H40N6/c1-39(64-50-28-13-9-24-44(50)46-32-34-54-58(60(46)64)48-26-11-15-30-52(48)65(54)42-20-5-3-6-21-42)57(41-19-17-18-40(36-41)37-62)56(38-63-2)67-51-29-14-10-25-45(51)47-33-35-55-59(61(47)67)49-27-12-16-31-53(49)66(55)43-22-7-4-8-23-43/h3-36,38H,2H2,1H3/b56-38+,57-39+. The fourth-order valence-electron chi connectivity index (χ4n) is 11.0. The van der Waals surface area contributed by atoms with Gasteiger partial charge < -0.3 is 18.3 Å². The van der Waals surface area contributed by atoms with E-state index in [0.717, 1.165) is 116 Å². The minimum atomic E-state index is 0.569. The zero-order chi connectivity index (χ0) is 44.8. The molecule has 0 aliphatic heterocycles. The van der Waals surface area contributed by atoms with Gasteiger partial charge in [-0.25, -0.2) is 0 Å². The van der Waals surface area contributed by atoms with Gasteiger partial charge in [-0.3, -0.25) is 4.99 Å². The molecule has 13 aromatic rings. The molecule has 0 radical (unpaired) electrons. The van der Waals surface area contributed by atoms with Crippen molar-refractivity contribution in [1.29, 1.82) is 5.26 Å². The van der Waals surface area contributed by atoms with E-state index in [0.29, 0.717) is 5.56 Å². The summed E-state index contributed by atoms with van der Waals surface area (Å²) < 4.78 is 9.59. The van der Waals surface area contributed by atoms with Gasteiger partial charge >= 0.3 is 0 Å². The van der Waals surface area contributed by atoms with Crippen LogP contribution in [0.15, 0.2) is 217 Å². The molecule has 0 unspecified atom stereocenters. The molecule has 0 N–H and O–H groups in total. The summed E-state index contributed by atoms with van der Waals surface area (Å²) in [6.45, 7) is 6.36. The molecule has 0 spiro atoms. The van der Waals surface area contributed by atoms with Crippen LogP contribution in [0.3, 0.4) is 0 Å². The Morgan fingerprint density at radius 1 is 0.463 bits per heavy atom. The zero-order valence-corrected chi connectivity index (χ0v) is 36.6. The number of rotatable bonds is 7. The predicted octanol–water partition coefficient (Wildman–Crippen LogP) is 15.6. The lowest BCUT2D eigenvalue weighted by Crippen LogP contribution is -2.06. The minimum Gasteiger partial charge on any atom is -0.312 e. The van der Waals surface area contributed by atoms with E-state index in [-0.39, 0.29) is 0 Å². The lowest BCUT2D eigenvalue weighted by molar-refractivity contribution is 1.17. The normalized spacial score (nSPS) is 12.6. The first-order chi connectivity index (χ1) is 33.1. The number of hydrogen-bond donors (Lipinski definition) is 0. The molecule has 0 bridgehead atoms. The molecule has 4 aromatic heterocycles.